The Morgan fingerprint density at radius 1 is 1.40 bits per heavy atom. The average Bonchev–Trinajstić information content (AvgIpc) is 2.88. The summed E-state index contributed by atoms with van der Waals surface area (Å²) in [6.45, 7) is 1.88. The van der Waals surface area contributed by atoms with Gasteiger partial charge in [0.1, 0.15) is 6.10 Å². The van der Waals surface area contributed by atoms with Gasteiger partial charge in [-0.1, -0.05) is 28.1 Å². The Balaban J connectivity index is 1.93. The Hall–Kier alpha value is -1.40. The Bertz CT molecular complexity index is 520. The van der Waals surface area contributed by atoms with Crippen LogP contribution in [0.2, 0.25) is 0 Å². The zero-order chi connectivity index (χ0) is 14.7. The van der Waals surface area contributed by atoms with Crippen molar-refractivity contribution in [3.8, 4) is 0 Å². The normalized spacial score (nSPS) is 23.3. The smallest absolute Gasteiger partial charge is 0.332 e. The fourth-order valence-corrected chi connectivity index (χ4v) is 2.59. The molecular formula is C14H16BrNO4. The molecule has 0 radical (unpaired) electrons. The van der Waals surface area contributed by atoms with Gasteiger partial charge in [-0.15, -0.1) is 0 Å². The van der Waals surface area contributed by atoms with E-state index in [9.17, 15) is 9.59 Å². The molecule has 1 aromatic carbocycles. The first kappa shape index (κ1) is 15.0. The lowest BCUT2D eigenvalue weighted by molar-refractivity contribution is -0.151. The van der Waals surface area contributed by atoms with Crippen LogP contribution in [0.15, 0.2) is 28.7 Å². The molecule has 6 heteroatoms. The Labute approximate surface area is 125 Å². The van der Waals surface area contributed by atoms with Crippen LogP contribution in [0.3, 0.4) is 0 Å². The van der Waals surface area contributed by atoms with E-state index < -0.39 is 18.2 Å². The van der Waals surface area contributed by atoms with Crippen molar-refractivity contribution in [1.82, 2.24) is 5.32 Å². The van der Waals surface area contributed by atoms with E-state index in [0.29, 0.717) is 12.8 Å². The molecular weight excluding hydrogens is 326 g/mol. The van der Waals surface area contributed by atoms with E-state index in [1.165, 1.54) is 0 Å². The molecule has 108 valence electrons. The van der Waals surface area contributed by atoms with E-state index in [4.69, 9.17) is 9.84 Å². The molecule has 2 N–H and O–H groups in total. The minimum Gasteiger partial charge on any atom is -0.479 e. The summed E-state index contributed by atoms with van der Waals surface area (Å²) in [4.78, 5) is 22.8. The molecule has 2 rings (SSSR count). The summed E-state index contributed by atoms with van der Waals surface area (Å²) in [5.41, 5.74) is 0.973. The first-order valence-corrected chi connectivity index (χ1v) is 7.21. The predicted molar refractivity (Wildman–Crippen MR) is 76.2 cm³/mol. The first-order chi connectivity index (χ1) is 9.47. The summed E-state index contributed by atoms with van der Waals surface area (Å²) >= 11 is 3.38. The molecule has 1 heterocycles. The number of halogens is 1. The van der Waals surface area contributed by atoms with Crippen molar-refractivity contribution < 1.29 is 19.4 Å². The number of nitrogens with one attached hydrogen (secondary N) is 1. The molecule has 0 aromatic heterocycles. The number of carboxylic acid groups (broad SMARTS) is 1. The number of amides is 1. The Kier molecular flexibility index (Phi) is 4.77. The summed E-state index contributed by atoms with van der Waals surface area (Å²) in [7, 11) is 0. The van der Waals surface area contributed by atoms with E-state index in [-0.39, 0.29) is 11.9 Å². The molecule has 1 fully saturated rings. The second kappa shape index (κ2) is 6.37. The van der Waals surface area contributed by atoms with Crippen LogP contribution < -0.4 is 5.32 Å². The van der Waals surface area contributed by atoms with Crippen molar-refractivity contribution in [3.63, 3.8) is 0 Å². The average molecular weight is 342 g/mol. The SMILES string of the molecule is CC(NC(=O)C1CCC(C(=O)O)O1)c1cccc(Br)c1. The molecule has 3 unspecified atom stereocenters. The lowest BCUT2D eigenvalue weighted by Gasteiger charge is -2.17. The highest BCUT2D eigenvalue weighted by Gasteiger charge is 2.35. The maximum atomic E-state index is 12.0. The molecule has 5 nitrogen and oxygen atoms in total. The van der Waals surface area contributed by atoms with Crippen LogP contribution in [0, 0.1) is 0 Å². The molecule has 3 atom stereocenters. The molecule has 1 amide bonds. The van der Waals surface area contributed by atoms with Crippen LogP contribution in [0.5, 0.6) is 0 Å². The third-order valence-corrected chi connectivity index (χ3v) is 3.79. The summed E-state index contributed by atoms with van der Waals surface area (Å²) < 4.78 is 6.17. The van der Waals surface area contributed by atoms with Gasteiger partial charge < -0.3 is 15.2 Å². The van der Waals surface area contributed by atoms with Gasteiger partial charge in [0.25, 0.3) is 0 Å². The van der Waals surface area contributed by atoms with Crippen molar-refractivity contribution in [2.24, 2.45) is 0 Å². The van der Waals surface area contributed by atoms with Crippen LogP contribution in [-0.4, -0.2) is 29.2 Å². The van der Waals surface area contributed by atoms with E-state index >= 15 is 0 Å². The highest BCUT2D eigenvalue weighted by atomic mass is 79.9. The Morgan fingerprint density at radius 3 is 2.70 bits per heavy atom. The van der Waals surface area contributed by atoms with Crippen molar-refractivity contribution in [3.05, 3.63) is 34.3 Å². The topological polar surface area (TPSA) is 75.6 Å². The van der Waals surface area contributed by atoms with Gasteiger partial charge in [0.05, 0.1) is 6.04 Å². The second-order valence-electron chi connectivity index (χ2n) is 4.81. The van der Waals surface area contributed by atoms with Gasteiger partial charge in [-0.05, 0) is 37.5 Å². The third kappa shape index (κ3) is 3.58. The van der Waals surface area contributed by atoms with Gasteiger partial charge in [0.15, 0.2) is 6.10 Å². The lowest BCUT2D eigenvalue weighted by Crippen LogP contribution is -2.37. The van der Waals surface area contributed by atoms with Gasteiger partial charge in [0, 0.05) is 4.47 Å². The number of aliphatic carboxylic acids is 1. The summed E-state index contributed by atoms with van der Waals surface area (Å²) in [6.07, 6.45) is -0.732. The predicted octanol–water partition coefficient (Wildman–Crippen LogP) is 2.26. The molecule has 0 bridgehead atoms. The number of carbonyl (C=O) groups excluding carboxylic acids is 1. The maximum absolute atomic E-state index is 12.0. The van der Waals surface area contributed by atoms with Crippen molar-refractivity contribution in [2.45, 2.75) is 38.0 Å². The fourth-order valence-electron chi connectivity index (χ4n) is 2.18. The van der Waals surface area contributed by atoms with E-state index in [1.54, 1.807) is 0 Å². The van der Waals surface area contributed by atoms with Crippen LogP contribution in [0.4, 0.5) is 0 Å². The second-order valence-corrected chi connectivity index (χ2v) is 5.73. The van der Waals surface area contributed by atoms with Gasteiger partial charge in [-0.3, -0.25) is 4.79 Å². The zero-order valence-corrected chi connectivity index (χ0v) is 12.6. The molecule has 20 heavy (non-hydrogen) atoms. The van der Waals surface area contributed by atoms with Crippen molar-refractivity contribution in [1.29, 1.82) is 0 Å². The van der Waals surface area contributed by atoms with Gasteiger partial charge in [-0.25, -0.2) is 4.79 Å². The molecule has 1 aliphatic rings. The minimum atomic E-state index is -1.01. The van der Waals surface area contributed by atoms with Gasteiger partial charge >= 0.3 is 5.97 Å². The number of ether oxygens (including phenoxy) is 1. The highest BCUT2D eigenvalue weighted by molar-refractivity contribution is 9.10. The van der Waals surface area contributed by atoms with Crippen LogP contribution in [0.1, 0.15) is 31.4 Å². The van der Waals surface area contributed by atoms with Crippen LogP contribution in [0.25, 0.3) is 0 Å². The number of rotatable bonds is 4. The fraction of sp³-hybridized carbons (Fsp3) is 0.429. The standard InChI is InChI=1S/C14H16BrNO4/c1-8(9-3-2-4-10(15)7-9)16-13(17)11-5-6-12(20-11)14(18)19/h2-4,7-8,11-12H,5-6H2,1H3,(H,16,17)(H,18,19). The molecule has 0 aliphatic carbocycles. The highest BCUT2D eigenvalue weighted by Crippen LogP contribution is 2.22. The van der Waals surface area contributed by atoms with E-state index in [0.717, 1.165) is 10.0 Å². The molecule has 0 saturated carbocycles. The number of carboxylic acids is 1. The largest absolute Gasteiger partial charge is 0.479 e. The quantitative estimate of drug-likeness (QED) is 0.880. The lowest BCUT2D eigenvalue weighted by atomic mass is 10.1. The molecule has 0 spiro atoms. The van der Waals surface area contributed by atoms with Crippen molar-refractivity contribution >= 4 is 27.8 Å². The van der Waals surface area contributed by atoms with E-state index in [2.05, 4.69) is 21.2 Å². The summed E-state index contributed by atoms with van der Waals surface area (Å²) in [5, 5.41) is 11.7. The number of hydrogen-bond acceptors (Lipinski definition) is 3. The van der Waals surface area contributed by atoms with Gasteiger partial charge in [-0.2, -0.15) is 0 Å². The molecule has 1 aromatic rings. The number of carbonyl (C=O) groups is 2. The van der Waals surface area contributed by atoms with Crippen LogP contribution in [-0.2, 0) is 14.3 Å². The third-order valence-electron chi connectivity index (χ3n) is 3.29. The van der Waals surface area contributed by atoms with E-state index in [1.807, 2.05) is 31.2 Å². The zero-order valence-electron chi connectivity index (χ0n) is 11.0. The van der Waals surface area contributed by atoms with Gasteiger partial charge in [0.2, 0.25) is 5.91 Å². The number of hydrogen-bond donors (Lipinski definition) is 2. The maximum Gasteiger partial charge on any atom is 0.332 e. The summed E-state index contributed by atoms with van der Waals surface area (Å²) in [6, 6.07) is 7.50. The molecule has 1 aliphatic heterocycles. The molecule has 1 saturated heterocycles. The van der Waals surface area contributed by atoms with Crippen molar-refractivity contribution in [2.75, 3.05) is 0 Å². The Morgan fingerprint density at radius 2 is 2.10 bits per heavy atom. The van der Waals surface area contributed by atoms with Crippen LogP contribution >= 0.6 is 15.9 Å². The monoisotopic (exact) mass is 341 g/mol. The number of benzene rings is 1. The first-order valence-electron chi connectivity index (χ1n) is 6.41. The summed E-state index contributed by atoms with van der Waals surface area (Å²) in [5.74, 6) is -1.28. The minimum absolute atomic E-state index is 0.160.